The van der Waals surface area contributed by atoms with Gasteiger partial charge in [-0.15, -0.1) is 0 Å². The Kier molecular flexibility index (Phi) is 5.17. The number of nitrogens with zero attached hydrogens (tertiary/aromatic N) is 1. The van der Waals surface area contributed by atoms with E-state index in [9.17, 15) is 21.6 Å². The Morgan fingerprint density at radius 3 is 2.20 bits per heavy atom. The Bertz CT molecular complexity index is 676. The predicted molar refractivity (Wildman–Crippen MR) is 90.0 cm³/mol. The van der Waals surface area contributed by atoms with Crippen LogP contribution in [0.2, 0.25) is 0 Å². The number of sulfone groups is 1. The molecule has 0 radical (unpaired) electrons. The van der Waals surface area contributed by atoms with Gasteiger partial charge in [-0.25, -0.2) is 8.42 Å². The van der Waals surface area contributed by atoms with Crippen molar-refractivity contribution < 1.29 is 21.6 Å². The van der Waals surface area contributed by atoms with Gasteiger partial charge in [0.25, 0.3) is 0 Å². The summed E-state index contributed by atoms with van der Waals surface area (Å²) in [7, 11) is -3.33. The summed E-state index contributed by atoms with van der Waals surface area (Å²) in [6.45, 7) is 1.57. The molecule has 25 heavy (non-hydrogen) atoms. The normalized spacial score (nSPS) is 22.0. The lowest BCUT2D eigenvalue weighted by atomic mass is 9.96. The Hall–Kier alpha value is -1.08. The second-order valence-electron chi connectivity index (χ2n) is 7.26. The molecule has 0 atom stereocenters. The molecule has 140 valence electrons. The first-order valence-electron chi connectivity index (χ1n) is 8.83. The third-order valence-electron chi connectivity index (χ3n) is 5.59. The molecule has 2 aliphatic rings. The first kappa shape index (κ1) is 18.7. The van der Waals surface area contributed by atoms with Gasteiger partial charge in [-0.05, 0) is 70.3 Å². The van der Waals surface area contributed by atoms with Gasteiger partial charge < -0.3 is 4.90 Å². The van der Waals surface area contributed by atoms with Gasteiger partial charge in [0.15, 0.2) is 9.84 Å². The van der Waals surface area contributed by atoms with E-state index in [1.165, 1.54) is 0 Å². The predicted octanol–water partition coefficient (Wildman–Crippen LogP) is 4.05. The molecule has 3 rings (SSSR count). The van der Waals surface area contributed by atoms with Crippen LogP contribution in [0, 0.1) is 5.92 Å². The molecule has 0 unspecified atom stereocenters. The summed E-state index contributed by atoms with van der Waals surface area (Å²) in [4.78, 5) is 2.41. The van der Waals surface area contributed by atoms with Gasteiger partial charge in [-0.2, -0.15) is 13.2 Å². The molecule has 0 N–H and O–H groups in total. The summed E-state index contributed by atoms with van der Waals surface area (Å²) in [6, 6.07) is 8.53. The fourth-order valence-corrected chi connectivity index (χ4v) is 5.82. The number of benzene rings is 1. The van der Waals surface area contributed by atoms with Crippen LogP contribution in [0.1, 0.15) is 38.5 Å². The zero-order chi connectivity index (χ0) is 18.1. The number of piperidine rings is 1. The summed E-state index contributed by atoms with van der Waals surface area (Å²) >= 11 is 0. The number of hydrogen-bond acceptors (Lipinski definition) is 3. The summed E-state index contributed by atoms with van der Waals surface area (Å²) < 4.78 is 63.0. The van der Waals surface area contributed by atoms with Crippen molar-refractivity contribution in [1.82, 2.24) is 4.90 Å². The molecular formula is C18H24F3NO2S. The van der Waals surface area contributed by atoms with Crippen LogP contribution in [0.15, 0.2) is 35.2 Å². The Morgan fingerprint density at radius 2 is 1.68 bits per heavy atom. The molecule has 1 heterocycles. The summed E-state index contributed by atoms with van der Waals surface area (Å²) in [5, 5.41) is 0. The van der Waals surface area contributed by atoms with Crippen LogP contribution < -0.4 is 0 Å². The van der Waals surface area contributed by atoms with E-state index in [0.29, 0.717) is 50.2 Å². The molecule has 3 nitrogen and oxygen atoms in total. The number of alkyl halides is 3. The lowest BCUT2D eigenvalue weighted by molar-refractivity contribution is -0.185. The molecule has 1 saturated carbocycles. The maximum Gasteiger partial charge on any atom is 0.391 e. The minimum atomic E-state index is -4.09. The van der Waals surface area contributed by atoms with E-state index in [4.69, 9.17) is 0 Å². The molecule has 0 bridgehead atoms. The van der Waals surface area contributed by atoms with Gasteiger partial charge in [0, 0.05) is 0 Å². The highest BCUT2D eigenvalue weighted by molar-refractivity contribution is 7.93. The highest BCUT2D eigenvalue weighted by Crippen LogP contribution is 2.50. The second kappa shape index (κ2) is 6.91. The zero-order valence-electron chi connectivity index (χ0n) is 14.1. The molecule has 0 aromatic heterocycles. The molecule has 1 aliphatic carbocycles. The van der Waals surface area contributed by atoms with Gasteiger partial charge in [0.1, 0.15) is 0 Å². The highest BCUT2D eigenvalue weighted by atomic mass is 32.2. The van der Waals surface area contributed by atoms with Crippen LogP contribution in [0.25, 0.3) is 0 Å². The maximum atomic E-state index is 12.8. The van der Waals surface area contributed by atoms with Crippen LogP contribution in [0.5, 0.6) is 0 Å². The van der Waals surface area contributed by atoms with E-state index < -0.39 is 26.7 Å². The van der Waals surface area contributed by atoms with Crippen molar-refractivity contribution in [3.05, 3.63) is 30.3 Å². The molecule has 1 aromatic carbocycles. The average Bonchev–Trinajstić information content (AvgIpc) is 3.37. The van der Waals surface area contributed by atoms with E-state index in [0.717, 1.165) is 0 Å². The van der Waals surface area contributed by atoms with Gasteiger partial charge in [-0.1, -0.05) is 18.2 Å². The van der Waals surface area contributed by atoms with Gasteiger partial charge in [0.05, 0.1) is 15.6 Å². The topological polar surface area (TPSA) is 37.4 Å². The number of hydrogen-bond donors (Lipinski definition) is 0. The lowest BCUT2D eigenvalue weighted by Crippen LogP contribution is -2.39. The second-order valence-corrected chi connectivity index (χ2v) is 9.60. The van der Waals surface area contributed by atoms with Crippen LogP contribution in [0.4, 0.5) is 13.2 Å². The summed E-state index contributed by atoms with van der Waals surface area (Å²) in [5.74, 6) is -1.18. The molecule has 2 fully saturated rings. The van der Waals surface area contributed by atoms with Crippen LogP contribution >= 0.6 is 0 Å². The van der Waals surface area contributed by atoms with Crippen molar-refractivity contribution in [3.8, 4) is 0 Å². The van der Waals surface area contributed by atoms with E-state index in [-0.39, 0.29) is 12.8 Å². The Labute approximate surface area is 147 Å². The average molecular weight is 375 g/mol. The van der Waals surface area contributed by atoms with Gasteiger partial charge in [0.2, 0.25) is 0 Å². The third kappa shape index (κ3) is 4.03. The number of likely N-dealkylation sites (tertiary alicyclic amines) is 1. The highest BCUT2D eigenvalue weighted by Gasteiger charge is 2.54. The zero-order valence-corrected chi connectivity index (χ0v) is 15.0. The summed E-state index contributed by atoms with van der Waals surface area (Å²) in [5.41, 5.74) is 0. The Balaban J connectivity index is 1.50. The minimum absolute atomic E-state index is 0.150. The molecule has 1 saturated heterocycles. The van der Waals surface area contributed by atoms with E-state index in [1.807, 2.05) is 4.90 Å². The first-order valence-corrected chi connectivity index (χ1v) is 10.3. The minimum Gasteiger partial charge on any atom is -0.303 e. The third-order valence-corrected chi connectivity index (χ3v) is 8.23. The van der Waals surface area contributed by atoms with Gasteiger partial charge in [-0.3, -0.25) is 0 Å². The Morgan fingerprint density at radius 1 is 1.08 bits per heavy atom. The summed E-state index contributed by atoms with van der Waals surface area (Å²) in [6.07, 6.45) is -1.13. The largest absolute Gasteiger partial charge is 0.391 e. The van der Waals surface area contributed by atoms with E-state index in [2.05, 4.69) is 0 Å². The molecule has 1 aromatic rings. The number of halogens is 3. The quantitative estimate of drug-likeness (QED) is 0.753. The van der Waals surface area contributed by atoms with Gasteiger partial charge >= 0.3 is 6.18 Å². The van der Waals surface area contributed by atoms with Crippen LogP contribution in [0.3, 0.4) is 0 Å². The smallest absolute Gasteiger partial charge is 0.303 e. The number of rotatable bonds is 6. The molecule has 0 spiro atoms. The standard InChI is InChI=1S/C18H24F3NO2S/c19-18(20,21)15-7-13-22(14-8-15)12-4-9-17(10-11-17)25(23,24)16-5-2-1-3-6-16/h1-3,5-6,15H,4,7-14H2. The van der Waals surface area contributed by atoms with Crippen molar-refractivity contribution >= 4 is 9.84 Å². The lowest BCUT2D eigenvalue weighted by Gasteiger charge is -2.33. The molecule has 0 amide bonds. The van der Waals surface area contributed by atoms with Crippen LogP contribution in [-0.2, 0) is 9.84 Å². The van der Waals surface area contributed by atoms with E-state index >= 15 is 0 Å². The fourth-order valence-electron chi connectivity index (χ4n) is 3.75. The van der Waals surface area contributed by atoms with Crippen molar-refractivity contribution in [3.63, 3.8) is 0 Å². The van der Waals surface area contributed by atoms with Crippen molar-refractivity contribution in [2.24, 2.45) is 5.92 Å². The first-order chi connectivity index (χ1) is 11.7. The monoisotopic (exact) mass is 375 g/mol. The SMILES string of the molecule is O=S(=O)(c1ccccc1)C1(CCCN2CCC(C(F)(F)F)CC2)CC1. The molecule has 7 heteroatoms. The van der Waals surface area contributed by atoms with Crippen molar-refractivity contribution in [1.29, 1.82) is 0 Å². The van der Waals surface area contributed by atoms with E-state index in [1.54, 1.807) is 30.3 Å². The fraction of sp³-hybridized carbons (Fsp3) is 0.667. The van der Waals surface area contributed by atoms with Crippen molar-refractivity contribution in [2.45, 2.75) is 54.3 Å². The molecular weight excluding hydrogens is 351 g/mol. The van der Waals surface area contributed by atoms with Crippen LogP contribution in [-0.4, -0.2) is 43.9 Å². The maximum absolute atomic E-state index is 12.8. The molecule has 1 aliphatic heterocycles. The van der Waals surface area contributed by atoms with Crippen molar-refractivity contribution in [2.75, 3.05) is 19.6 Å².